The Morgan fingerprint density at radius 3 is 2.44 bits per heavy atom. The van der Waals surface area contributed by atoms with Crippen LogP contribution in [0.4, 0.5) is 5.69 Å². The van der Waals surface area contributed by atoms with Crippen molar-refractivity contribution < 1.29 is 19.5 Å². The number of carbonyl (C=O) groups is 3. The zero-order valence-electron chi connectivity index (χ0n) is 14.7. The first kappa shape index (κ1) is 18.1. The lowest BCUT2D eigenvalue weighted by molar-refractivity contribution is -0.120. The number of hydrogen-bond donors (Lipinski definition) is 4. The third kappa shape index (κ3) is 3.79. The average molecular weight is 366 g/mol. The molecule has 1 heterocycles. The molecule has 3 aromatic rings. The van der Waals surface area contributed by atoms with Gasteiger partial charge in [0.05, 0.1) is 5.52 Å². The number of amides is 2. The lowest BCUT2D eigenvalue weighted by atomic mass is 10.0. The van der Waals surface area contributed by atoms with Gasteiger partial charge in [-0.2, -0.15) is 5.10 Å². The SMILES string of the molecule is CC(C)(NC(=O)c1ccc2[nH]nc(C(=O)O)c2c1)C(=O)Nc1ccccc1. The van der Waals surface area contributed by atoms with Crippen molar-refractivity contribution in [2.45, 2.75) is 19.4 Å². The zero-order valence-corrected chi connectivity index (χ0v) is 14.7. The number of anilines is 1. The van der Waals surface area contributed by atoms with Crippen LogP contribution in [0.1, 0.15) is 34.7 Å². The monoisotopic (exact) mass is 366 g/mol. The number of fused-ring (bicyclic) bond motifs is 1. The Morgan fingerprint density at radius 2 is 1.78 bits per heavy atom. The normalized spacial score (nSPS) is 11.2. The minimum absolute atomic E-state index is 0.166. The van der Waals surface area contributed by atoms with E-state index < -0.39 is 17.4 Å². The van der Waals surface area contributed by atoms with Crippen LogP contribution in [0, 0.1) is 0 Å². The highest BCUT2D eigenvalue weighted by Gasteiger charge is 2.30. The first-order chi connectivity index (χ1) is 12.8. The number of nitrogens with one attached hydrogen (secondary N) is 3. The van der Waals surface area contributed by atoms with Gasteiger partial charge >= 0.3 is 5.97 Å². The first-order valence-electron chi connectivity index (χ1n) is 8.18. The van der Waals surface area contributed by atoms with E-state index in [-0.39, 0.29) is 17.2 Å². The van der Waals surface area contributed by atoms with Gasteiger partial charge in [0.25, 0.3) is 5.91 Å². The summed E-state index contributed by atoms with van der Waals surface area (Å²) in [6.45, 7) is 3.17. The standard InChI is InChI=1S/C19H18N4O4/c1-19(2,18(27)20-12-6-4-3-5-7-12)21-16(24)11-8-9-14-13(10-11)15(17(25)26)23-22-14/h3-10H,1-2H3,(H,20,27)(H,21,24)(H,22,23)(H,25,26). The largest absolute Gasteiger partial charge is 0.476 e. The van der Waals surface area contributed by atoms with Crippen molar-refractivity contribution in [2.24, 2.45) is 0 Å². The van der Waals surface area contributed by atoms with Crippen molar-refractivity contribution in [2.75, 3.05) is 5.32 Å². The highest BCUT2D eigenvalue weighted by Crippen LogP contribution is 2.19. The number of hydrogen-bond acceptors (Lipinski definition) is 4. The molecular weight excluding hydrogens is 348 g/mol. The Balaban J connectivity index is 1.79. The lowest BCUT2D eigenvalue weighted by Gasteiger charge is -2.25. The van der Waals surface area contributed by atoms with Gasteiger partial charge in [0.15, 0.2) is 5.69 Å². The first-order valence-corrected chi connectivity index (χ1v) is 8.18. The maximum Gasteiger partial charge on any atom is 0.357 e. The van der Waals surface area contributed by atoms with E-state index in [0.29, 0.717) is 16.6 Å². The van der Waals surface area contributed by atoms with Gasteiger partial charge in [0.1, 0.15) is 5.54 Å². The molecule has 27 heavy (non-hydrogen) atoms. The summed E-state index contributed by atoms with van der Waals surface area (Å²) in [5, 5.41) is 21.2. The van der Waals surface area contributed by atoms with E-state index in [1.807, 2.05) is 6.07 Å². The van der Waals surface area contributed by atoms with Crippen LogP contribution in [0.2, 0.25) is 0 Å². The van der Waals surface area contributed by atoms with Gasteiger partial charge in [-0.25, -0.2) is 4.79 Å². The summed E-state index contributed by atoms with van der Waals surface area (Å²) < 4.78 is 0. The van der Waals surface area contributed by atoms with Crippen LogP contribution in [0.15, 0.2) is 48.5 Å². The van der Waals surface area contributed by atoms with Crippen molar-refractivity contribution >= 4 is 34.4 Å². The number of carboxylic acid groups (broad SMARTS) is 1. The fourth-order valence-corrected chi connectivity index (χ4v) is 2.54. The van der Waals surface area contributed by atoms with Crippen LogP contribution in [0.3, 0.4) is 0 Å². The van der Waals surface area contributed by atoms with Crippen molar-refractivity contribution in [3.05, 3.63) is 59.8 Å². The molecule has 4 N–H and O–H groups in total. The number of benzene rings is 2. The molecule has 138 valence electrons. The van der Waals surface area contributed by atoms with Gasteiger partial charge in [-0.3, -0.25) is 14.7 Å². The summed E-state index contributed by atoms with van der Waals surface area (Å²) in [6.07, 6.45) is 0. The molecule has 0 bridgehead atoms. The molecule has 0 aliphatic carbocycles. The van der Waals surface area contributed by atoms with Crippen LogP contribution < -0.4 is 10.6 Å². The Kier molecular flexibility index (Phi) is 4.64. The number of aromatic nitrogens is 2. The molecule has 0 atom stereocenters. The van der Waals surface area contributed by atoms with E-state index >= 15 is 0 Å². The molecule has 8 heteroatoms. The van der Waals surface area contributed by atoms with Crippen LogP contribution >= 0.6 is 0 Å². The molecule has 0 aliphatic heterocycles. The van der Waals surface area contributed by atoms with E-state index in [9.17, 15) is 14.4 Å². The smallest absolute Gasteiger partial charge is 0.357 e. The summed E-state index contributed by atoms with van der Waals surface area (Å²) in [5.74, 6) is -2.07. The minimum atomic E-state index is -1.19. The molecule has 0 saturated heterocycles. The maximum atomic E-state index is 12.6. The Bertz CT molecular complexity index is 1020. The molecule has 2 aromatic carbocycles. The predicted octanol–water partition coefficient (Wildman–Crippen LogP) is 2.41. The number of carbonyl (C=O) groups excluding carboxylic acids is 2. The van der Waals surface area contributed by atoms with Gasteiger partial charge in [-0.1, -0.05) is 18.2 Å². The van der Waals surface area contributed by atoms with Gasteiger partial charge in [-0.15, -0.1) is 0 Å². The van der Waals surface area contributed by atoms with Gasteiger partial charge in [0, 0.05) is 16.6 Å². The van der Waals surface area contributed by atoms with Crippen molar-refractivity contribution in [1.82, 2.24) is 15.5 Å². The minimum Gasteiger partial charge on any atom is -0.476 e. The van der Waals surface area contributed by atoms with Gasteiger partial charge < -0.3 is 15.7 Å². The van der Waals surface area contributed by atoms with Crippen LogP contribution in [0.5, 0.6) is 0 Å². The van der Waals surface area contributed by atoms with E-state index in [1.54, 1.807) is 44.2 Å². The molecule has 0 spiro atoms. The second kappa shape index (κ2) is 6.91. The van der Waals surface area contributed by atoms with E-state index in [4.69, 9.17) is 5.11 Å². The van der Waals surface area contributed by atoms with Crippen molar-refractivity contribution in [3.63, 3.8) is 0 Å². The maximum absolute atomic E-state index is 12.6. The molecule has 0 radical (unpaired) electrons. The van der Waals surface area contributed by atoms with Crippen LogP contribution in [-0.4, -0.2) is 38.6 Å². The fraction of sp³-hybridized carbons (Fsp3) is 0.158. The summed E-state index contributed by atoms with van der Waals surface area (Å²) in [7, 11) is 0. The van der Waals surface area contributed by atoms with Crippen LogP contribution in [0.25, 0.3) is 10.9 Å². The molecule has 0 aliphatic rings. The molecule has 3 rings (SSSR count). The molecule has 8 nitrogen and oxygen atoms in total. The van der Waals surface area contributed by atoms with E-state index in [2.05, 4.69) is 20.8 Å². The molecular formula is C19H18N4O4. The fourth-order valence-electron chi connectivity index (χ4n) is 2.54. The lowest BCUT2D eigenvalue weighted by Crippen LogP contribution is -2.52. The Labute approximate surface area is 154 Å². The average Bonchev–Trinajstić information content (AvgIpc) is 3.05. The second-order valence-corrected chi connectivity index (χ2v) is 6.54. The van der Waals surface area contributed by atoms with Gasteiger partial charge in [-0.05, 0) is 44.2 Å². The number of rotatable bonds is 5. The zero-order chi connectivity index (χ0) is 19.6. The van der Waals surface area contributed by atoms with Crippen molar-refractivity contribution in [1.29, 1.82) is 0 Å². The number of para-hydroxylation sites is 1. The summed E-state index contributed by atoms with van der Waals surface area (Å²) in [6, 6.07) is 13.4. The predicted molar refractivity (Wildman–Crippen MR) is 99.7 cm³/mol. The highest BCUT2D eigenvalue weighted by atomic mass is 16.4. The van der Waals surface area contributed by atoms with Crippen LogP contribution in [-0.2, 0) is 4.79 Å². The molecule has 2 amide bonds. The summed E-state index contributed by atoms with van der Waals surface area (Å²) in [5.41, 5.74) is 0.00181. The summed E-state index contributed by atoms with van der Waals surface area (Å²) >= 11 is 0. The van der Waals surface area contributed by atoms with Gasteiger partial charge in [0.2, 0.25) is 5.91 Å². The third-order valence-corrected chi connectivity index (χ3v) is 4.05. The number of aromatic amines is 1. The number of aromatic carboxylic acids is 1. The highest BCUT2D eigenvalue weighted by molar-refractivity contribution is 6.07. The molecule has 1 aromatic heterocycles. The number of H-pyrrole nitrogens is 1. The molecule has 0 saturated carbocycles. The second-order valence-electron chi connectivity index (χ2n) is 6.54. The quantitative estimate of drug-likeness (QED) is 0.552. The molecule has 0 unspecified atom stereocenters. The third-order valence-electron chi connectivity index (χ3n) is 4.05. The summed E-state index contributed by atoms with van der Waals surface area (Å²) in [4.78, 5) is 36.3. The number of nitrogens with zero attached hydrogens (tertiary/aromatic N) is 1. The van der Waals surface area contributed by atoms with E-state index in [1.165, 1.54) is 12.1 Å². The Morgan fingerprint density at radius 1 is 1.07 bits per heavy atom. The Hall–Kier alpha value is -3.68. The number of carboxylic acids is 1. The van der Waals surface area contributed by atoms with Crippen molar-refractivity contribution in [3.8, 4) is 0 Å². The van der Waals surface area contributed by atoms with E-state index in [0.717, 1.165) is 0 Å². The topological polar surface area (TPSA) is 124 Å². The molecule has 0 fully saturated rings.